The van der Waals surface area contributed by atoms with Crippen LogP contribution < -0.4 is 10.5 Å². The van der Waals surface area contributed by atoms with Crippen molar-refractivity contribution in [2.75, 3.05) is 6.61 Å². The molecule has 1 aromatic carbocycles. The fraction of sp³-hybridized carbons (Fsp3) is 0.312. The molecule has 118 valence electrons. The summed E-state index contributed by atoms with van der Waals surface area (Å²) < 4.78 is 17.1. The molecular formula is C16H18BrNO4. The van der Waals surface area contributed by atoms with E-state index in [4.69, 9.17) is 19.6 Å². The molecule has 2 N–H and O–H groups in total. The van der Waals surface area contributed by atoms with Crippen molar-refractivity contribution >= 4 is 21.9 Å². The van der Waals surface area contributed by atoms with Gasteiger partial charge in [0.05, 0.1) is 6.61 Å². The number of nitrogens with two attached hydrogens (primary N) is 1. The van der Waals surface area contributed by atoms with Gasteiger partial charge >= 0.3 is 5.97 Å². The first kappa shape index (κ1) is 16.6. The number of esters is 1. The maximum Gasteiger partial charge on any atom is 0.323 e. The number of carbonyl (C=O) groups is 1. The summed E-state index contributed by atoms with van der Waals surface area (Å²) in [6, 6.07) is 10.4. The maximum absolute atomic E-state index is 11.5. The van der Waals surface area contributed by atoms with Gasteiger partial charge in [-0.15, -0.1) is 0 Å². The number of ether oxygens (including phenoxy) is 2. The highest BCUT2D eigenvalue weighted by atomic mass is 79.9. The van der Waals surface area contributed by atoms with Crippen molar-refractivity contribution in [1.82, 2.24) is 0 Å². The smallest absolute Gasteiger partial charge is 0.323 e. The van der Waals surface area contributed by atoms with Crippen LogP contribution in [-0.4, -0.2) is 18.6 Å². The van der Waals surface area contributed by atoms with E-state index >= 15 is 0 Å². The molecule has 0 saturated heterocycles. The highest BCUT2D eigenvalue weighted by Gasteiger charge is 2.17. The largest absolute Gasteiger partial charge is 0.486 e. The van der Waals surface area contributed by atoms with Gasteiger partial charge < -0.3 is 19.6 Å². The van der Waals surface area contributed by atoms with Gasteiger partial charge in [0.25, 0.3) is 0 Å². The molecule has 0 amide bonds. The normalized spacial score (nSPS) is 12.0. The van der Waals surface area contributed by atoms with Gasteiger partial charge in [-0.1, -0.05) is 22.0 Å². The summed E-state index contributed by atoms with van der Waals surface area (Å²) in [5.74, 6) is 1.63. The molecule has 0 aliphatic carbocycles. The second-order valence-electron chi connectivity index (χ2n) is 4.68. The molecule has 0 fully saturated rings. The molecule has 0 aliphatic heterocycles. The Kier molecular flexibility index (Phi) is 6.03. The highest BCUT2D eigenvalue weighted by Crippen LogP contribution is 2.19. The van der Waals surface area contributed by atoms with E-state index in [1.54, 1.807) is 13.0 Å². The molecule has 0 bridgehead atoms. The Bertz CT molecular complexity index is 626. The van der Waals surface area contributed by atoms with E-state index in [2.05, 4.69) is 15.9 Å². The van der Waals surface area contributed by atoms with Crippen molar-refractivity contribution in [2.24, 2.45) is 5.73 Å². The lowest BCUT2D eigenvalue weighted by molar-refractivity contribution is -0.144. The number of rotatable bonds is 7. The molecule has 0 aliphatic rings. The van der Waals surface area contributed by atoms with E-state index in [0.29, 0.717) is 31.2 Å². The van der Waals surface area contributed by atoms with Crippen LogP contribution in [0.5, 0.6) is 5.75 Å². The van der Waals surface area contributed by atoms with E-state index in [1.165, 1.54) is 0 Å². The molecular weight excluding hydrogens is 350 g/mol. The molecule has 0 spiro atoms. The molecule has 0 radical (unpaired) electrons. The predicted octanol–water partition coefficient (Wildman–Crippen LogP) is 3.05. The monoisotopic (exact) mass is 367 g/mol. The average Bonchev–Trinajstić information content (AvgIpc) is 2.93. The standard InChI is InChI=1S/C16H18BrNO4/c1-2-20-16(19)15(18)9-13-6-7-14(22-13)10-21-12-5-3-4-11(17)8-12/h3-8,15H,2,9-10,18H2,1H3. The Morgan fingerprint density at radius 3 is 2.82 bits per heavy atom. The van der Waals surface area contributed by atoms with Crippen LogP contribution in [0, 0.1) is 0 Å². The van der Waals surface area contributed by atoms with Gasteiger partial charge in [-0.05, 0) is 37.3 Å². The number of halogens is 1. The van der Waals surface area contributed by atoms with Crippen LogP contribution in [-0.2, 0) is 22.6 Å². The van der Waals surface area contributed by atoms with Gasteiger partial charge in [0.1, 0.15) is 29.9 Å². The summed E-state index contributed by atoms with van der Waals surface area (Å²) in [7, 11) is 0. The highest BCUT2D eigenvalue weighted by molar-refractivity contribution is 9.10. The third-order valence-corrected chi connectivity index (χ3v) is 3.40. The van der Waals surface area contributed by atoms with Crippen LogP contribution in [0.1, 0.15) is 18.4 Å². The van der Waals surface area contributed by atoms with Gasteiger partial charge in [0, 0.05) is 10.9 Å². The average molecular weight is 368 g/mol. The first-order chi connectivity index (χ1) is 10.6. The number of hydrogen-bond donors (Lipinski definition) is 1. The lowest BCUT2D eigenvalue weighted by atomic mass is 10.2. The number of benzene rings is 1. The Labute approximate surface area is 137 Å². The van der Waals surface area contributed by atoms with E-state index in [1.807, 2.05) is 30.3 Å². The second kappa shape index (κ2) is 8.00. The first-order valence-electron chi connectivity index (χ1n) is 6.96. The maximum atomic E-state index is 11.5. The molecule has 1 aromatic heterocycles. The van der Waals surface area contributed by atoms with Crippen LogP contribution in [0.4, 0.5) is 0 Å². The van der Waals surface area contributed by atoms with Crippen molar-refractivity contribution in [2.45, 2.75) is 26.0 Å². The predicted molar refractivity (Wildman–Crippen MR) is 85.5 cm³/mol. The topological polar surface area (TPSA) is 74.7 Å². The Hall–Kier alpha value is -1.79. The molecule has 2 rings (SSSR count). The van der Waals surface area contributed by atoms with Crippen molar-refractivity contribution in [3.8, 4) is 5.75 Å². The summed E-state index contributed by atoms with van der Waals surface area (Å²) in [4.78, 5) is 11.5. The minimum absolute atomic E-state index is 0.301. The van der Waals surface area contributed by atoms with Crippen LogP contribution in [0.2, 0.25) is 0 Å². The van der Waals surface area contributed by atoms with Gasteiger partial charge in [-0.2, -0.15) is 0 Å². The SMILES string of the molecule is CCOC(=O)C(N)Cc1ccc(COc2cccc(Br)c2)o1. The number of carbonyl (C=O) groups excluding carboxylic acids is 1. The zero-order chi connectivity index (χ0) is 15.9. The fourth-order valence-electron chi connectivity index (χ4n) is 1.87. The zero-order valence-electron chi connectivity index (χ0n) is 12.3. The summed E-state index contributed by atoms with van der Waals surface area (Å²) in [6.45, 7) is 2.37. The Morgan fingerprint density at radius 1 is 1.32 bits per heavy atom. The Morgan fingerprint density at radius 2 is 2.09 bits per heavy atom. The molecule has 0 saturated carbocycles. The molecule has 6 heteroatoms. The number of hydrogen-bond acceptors (Lipinski definition) is 5. The third kappa shape index (κ3) is 4.89. The van der Waals surface area contributed by atoms with Crippen LogP contribution in [0.25, 0.3) is 0 Å². The molecule has 22 heavy (non-hydrogen) atoms. The molecule has 1 heterocycles. The van der Waals surface area contributed by atoms with E-state index in [0.717, 1.165) is 10.2 Å². The van der Waals surface area contributed by atoms with E-state index in [9.17, 15) is 4.79 Å². The van der Waals surface area contributed by atoms with Crippen molar-refractivity contribution in [1.29, 1.82) is 0 Å². The van der Waals surface area contributed by atoms with Gasteiger partial charge in [0.2, 0.25) is 0 Å². The lowest BCUT2D eigenvalue weighted by Crippen LogP contribution is -2.34. The summed E-state index contributed by atoms with van der Waals surface area (Å²) in [6.07, 6.45) is 0.301. The fourth-order valence-corrected chi connectivity index (χ4v) is 2.25. The molecule has 1 unspecified atom stereocenters. The molecule has 5 nitrogen and oxygen atoms in total. The van der Waals surface area contributed by atoms with Crippen LogP contribution in [0.3, 0.4) is 0 Å². The van der Waals surface area contributed by atoms with E-state index in [-0.39, 0.29) is 0 Å². The van der Waals surface area contributed by atoms with Crippen molar-refractivity contribution in [3.05, 3.63) is 52.4 Å². The lowest BCUT2D eigenvalue weighted by Gasteiger charge is -2.08. The van der Waals surface area contributed by atoms with Crippen LogP contribution in [0.15, 0.2) is 45.3 Å². The number of furan rings is 1. The van der Waals surface area contributed by atoms with Crippen LogP contribution >= 0.6 is 15.9 Å². The zero-order valence-corrected chi connectivity index (χ0v) is 13.8. The summed E-state index contributed by atoms with van der Waals surface area (Å²) in [5.41, 5.74) is 5.76. The van der Waals surface area contributed by atoms with Crippen molar-refractivity contribution in [3.63, 3.8) is 0 Å². The van der Waals surface area contributed by atoms with Crippen molar-refractivity contribution < 1.29 is 18.7 Å². The molecule has 2 aromatic rings. The first-order valence-corrected chi connectivity index (χ1v) is 7.76. The van der Waals surface area contributed by atoms with Gasteiger partial charge in [-0.25, -0.2) is 0 Å². The quantitative estimate of drug-likeness (QED) is 0.761. The minimum Gasteiger partial charge on any atom is -0.486 e. The molecule has 1 atom stereocenters. The minimum atomic E-state index is -0.718. The second-order valence-corrected chi connectivity index (χ2v) is 5.59. The summed E-state index contributed by atoms with van der Waals surface area (Å²) >= 11 is 3.38. The van der Waals surface area contributed by atoms with Gasteiger partial charge in [0.15, 0.2) is 0 Å². The van der Waals surface area contributed by atoms with E-state index < -0.39 is 12.0 Å². The Balaban J connectivity index is 1.87. The third-order valence-electron chi connectivity index (χ3n) is 2.90. The summed E-state index contributed by atoms with van der Waals surface area (Å²) in [5, 5.41) is 0. The van der Waals surface area contributed by atoms with Gasteiger partial charge in [-0.3, -0.25) is 4.79 Å².